The van der Waals surface area contributed by atoms with Crippen molar-refractivity contribution in [3.63, 3.8) is 0 Å². The van der Waals surface area contributed by atoms with Crippen molar-refractivity contribution >= 4 is 47.8 Å². The van der Waals surface area contributed by atoms with E-state index in [1.807, 2.05) is 0 Å². The molecular weight excluding hydrogens is 621 g/mol. The first kappa shape index (κ1) is 64.5. The van der Waals surface area contributed by atoms with Gasteiger partial charge >= 0.3 is 113 Å². The van der Waals surface area contributed by atoms with E-state index in [1.54, 1.807) is 0 Å². The Morgan fingerprint density at radius 2 is 0.558 bits per heavy atom. The van der Waals surface area contributed by atoms with Gasteiger partial charge in [0, 0.05) is 53.9 Å². The predicted octanol–water partition coefficient (Wildman–Crippen LogP) is -11.5. The van der Waals surface area contributed by atoms with Gasteiger partial charge in [0.15, 0.2) is 0 Å². The Morgan fingerprint density at radius 1 is 0.442 bits per heavy atom. The molecule has 0 fully saturated rings. The molecule has 242 valence electrons. The van der Waals surface area contributed by atoms with Gasteiger partial charge in [0.25, 0.3) is 23.9 Å². The van der Waals surface area contributed by atoms with Crippen LogP contribution in [0.2, 0.25) is 0 Å². The minimum Gasteiger partial charge on any atom is -1.00 e. The van der Waals surface area contributed by atoms with Crippen LogP contribution in [0.15, 0.2) is 0 Å². The van der Waals surface area contributed by atoms with E-state index < -0.39 is 73.9 Å². The summed E-state index contributed by atoms with van der Waals surface area (Å²) in [6, 6.07) is 0. The molecule has 20 nitrogen and oxygen atoms in total. The van der Waals surface area contributed by atoms with E-state index in [0.717, 1.165) is 37.5 Å². The van der Waals surface area contributed by atoms with Crippen LogP contribution in [0.5, 0.6) is 0 Å². The number of hydrogen-bond donors (Lipinski definition) is 10. The van der Waals surface area contributed by atoms with E-state index in [1.165, 1.54) is 0 Å². The molecule has 0 heterocycles. The van der Waals surface area contributed by atoms with Crippen LogP contribution in [0.4, 0.5) is 0 Å². The third-order valence-electron chi connectivity index (χ3n) is 2.33. The molecular formula is C20H43N4Na3O16. The standard InChI is InChI=1S/C10H16N2O8.C2H8N2.4C2H4O2.3Na.3H/c13-7(14)3-11(4-8(15)16)1-2-12(5-9(17)18)6-10(19)20;3-1-2-4;4*1-2(3)4;;;;;;/h1-6H2,(H,13,14)(H,15,16)(H,17,18)(H,19,20);1-4H2;4*1H3,(H,3,4);;;;;;/q;;;;;;3*+1;3*-1. The SMILES string of the molecule is CC(=O)O.CC(=O)O.CC(=O)O.CC(=O)O.NCCN.O=C(O)CN(CCN(CC(=O)O)CC(=O)O)CC(=O)O.[H-].[H-].[H-].[Na+].[Na+].[Na+]. The summed E-state index contributed by atoms with van der Waals surface area (Å²) in [5, 5.41) is 64.1. The second kappa shape index (κ2) is 47.5. The molecule has 43 heavy (non-hydrogen) atoms. The molecule has 0 unspecified atom stereocenters. The molecule has 0 amide bonds. The molecule has 0 aliphatic carbocycles. The van der Waals surface area contributed by atoms with Crippen molar-refractivity contribution in [2.75, 3.05) is 52.4 Å². The topological polar surface area (TPSA) is 357 Å². The van der Waals surface area contributed by atoms with Gasteiger partial charge in [-0.1, -0.05) is 0 Å². The Balaban J connectivity index is -0.0000000370. The van der Waals surface area contributed by atoms with Gasteiger partial charge in [-0.2, -0.15) is 0 Å². The van der Waals surface area contributed by atoms with Crippen molar-refractivity contribution in [1.29, 1.82) is 0 Å². The second-order valence-corrected chi connectivity index (χ2v) is 6.65. The summed E-state index contributed by atoms with van der Waals surface area (Å²) in [6.45, 7) is 3.28. The summed E-state index contributed by atoms with van der Waals surface area (Å²) in [5.41, 5.74) is 9.81. The Kier molecular flexibility index (Phi) is 71.3. The summed E-state index contributed by atoms with van der Waals surface area (Å²) in [6.07, 6.45) is 0. The number of rotatable bonds is 12. The van der Waals surface area contributed by atoms with E-state index in [-0.39, 0.29) is 106 Å². The Labute approximate surface area is 318 Å². The molecule has 0 saturated carbocycles. The quantitative estimate of drug-likeness (QED) is 0.0865. The number of hydrogen-bond acceptors (Lipinski definition) is 12. The van der Waals surface area contributed by atoms with Gasteiger partial charge in [0.2, 0.25) is 0 Å². The third-order valence-corrected chi connectivity index (χ3v) is 2.33. The molecule has 0 rings (SSSR count). The smallest absolute Gasteiger partial charge is 1.00 e. The van der Waals surface area contributed by atoms with Crippen LogP contribution in [0.25, 0.3) is 0 Å². The van der Waals surface area contributed by atoms with Gasteiger partial charge in [-0.3, -0.25) is 48.2 Å². The number of carboxylic acid groups (broad SMARTS) is 8. The fraction of sp³-hybridized carbons (Fsp3) is 0.600. The summed E-state index contributed by atoms with van der Waals surface area (Å²) >= 11 is 0. The molecule has 12 N–H and O–H groups in total. The summed E-state index contributed by atoms with van der Waals surface area (Å²) in [4.78, 5) is 80.4. The summed E-state index contributed by atoms with van der Waals surface area (Å²) in [7, 11) is 0. The molecule has 0 aromatic heterocycles. The van der Waals surface area contributed by atoms with Crippen molar-refractivity contribution in [1.82, 2.24) is 9.80 Å². The minimum atomic E-state index is -1.23. The van der Waals surface area contributed by atoms with E-state index in [2.05, 4.69) is 0 Å². The van der Waals surface area contributed by atoms with Crippen LogP contribution in [0.1, 0.15) is 32.0 Å². The zero-order valence-corrected chi connectivity index (χ0v) is 31.5. The molecule has 0 aliphatic heterocycles. The Hall–Kier alpha value is -1.40. The van der Waals surface area contributed by atoms with Crippen molar-refractivity contribution in [3.05, 3.63) is 0 Å². The predicted molar refractivity (Wildman–Crippen MR) is 138 cm³/mol. The van der Waals surface area contributed by atoms with Crippen molar-refractivity contribution in [2.24, 2.45) is 11.5 Å². The molecule has 0 spiro atoms. The Bertz CT molecular complexity index is 658. The monoisotopic (exact) mass is 664 g/mol. The van der Waals surface area contributed by atoms with Crippen LogP contribution < -0.4 is 100 Å². The van der Waals surface area contributed by atoms with Crippen molar-refractivity contribution < 1.29 is 172 Å². The van der Waals surface area contributed by atoms with E-state index >= 15 is 0 Å². The van der Waals surface area contributed by atoms with Crippen LogP contribution >= 0.6 is 0 Å². The van der Waals surface area contributed by atoms with Crippen LogP contribution in [-0.4, -0.2) is 151 Å². The summed E-state index contributed by atoms with van der Waals surface area (Å²) < 4.78 is 0. The number of nitrogens with zero attached hydrogens (tertiary/aromatic N) is 2. The third kappa shape index (κ3) is 143. The van der Waals surface area contributed by atoms with Crippen LogP contribution in [0, 0.1) is 0 Å². The maximum absolute atomic E-state index is 10.6. The molecule has 0 aromatic rings. The fourth-order valence-electron chi connectivity index (χ4n) is 1.48. The van der Waals surface area contributed by atoms with Gasteiger partial charge in [-0.25, -0.2) is 0 Å². The van der Waals surface area contributed by atoms with Gasteiger partial charge in [0.05, 0.1) is 26.2 Å². The molecule has 0 aromatic carbocycles. The minimum absolute atomic E-state index is 0. The first-order valence-corrected chi connectivity index (χ1v) is 10.5. The van der Waals surface area contributed by atoms with Crippen molar-refractivity contribution in [2.45, 2.75) is 27.7 Å². The van der Waals surface area contributed by atoms with Crippen LogP contribution in [-0.2, 0) is 38.4 Å². The van der Waals surface area contributed by atoms with Crippen LogP contribution in [0.3, 0.4) is 0 Å². The van der Waals surface area contributed by atoms with Gasteiger partial charge in [0.1, 0.15) is 0 Å². The molecule has 0 bridgehead atoms. The largest absolute Gasteiger partial charge is 1.00 e. The average Bonchev–Trinajstić information content (AvgIpc) is 2.68. The Morgan fingerprint density at radius 3 is 0.628 bits per heavy atom. The number of carboxylic acids is 8. The molecule has 0 aliphatic rings. The zero-order chi connectivity index (χ0) is 33.4. The fourth-order valence-corrected chi connectivity index (χ4v) is 1.48. The van der Waals surface area contributed by atoms with E-state index in [0.29, 0.717) is 13.1 Å². The second-order valence-electron chi connectivity index (χ2n) is 6.65. The zero-order valence-electron chi connectivity index (χ0n) is 28.5. The molecule has 0 atom stereocenters. The van der Waals surface area contributed by atoms with Gasteiger partial charge in [-0.15, -0.1) is 0 Å². The van der Waals surface area contributed by atoms with Crippen molar-refractivity contribution in [3.8, 4) is 0 Å². The molecule has 23 heteroatoms. The number of carbonyl (C=O) groups is 8. The number of aliphatic carboxylic acids is 8. The average molecular weight is 665 g/mol. The first-order chi connectivity index (χ1) is 18.0. The van der Waals surface area contributed by atoms with Gasteiger partial charge < -0.3 is 56.6 Å². The maximum Gasteiger partial charge on any atom is 1.00 e. The van der Waals surface area contributed by atoms with E-state index in [4.69, 9.17) is 71.5 Å². The summed E-state index contributed by atoms with van der Waals surface area (Å²) in [5.74, 6) is -8.24. The first-order valence-electron chi connectivity index (χ1n) is 10.5. The number of nitrogens with two attached hydrogens (primary N) is 2. The van der Waals surface area contributed by atoms with Gasteiger partial charge in [-0.05, 0) is 0 Å². The molecule has 0 saturated heterocycles. The molecule has 0 radical (unpaired) electrons. The normalized spacial score (nSPS) is 8.00. The maximum atomic E-state index is 10.6. The van der Waals surface area contributed by atoms with E-state index in [9.17, 15) is 19.2 Å².